The van der Waals surface area contributed by atoms with Gasteiger partial charge in [0.15, 0.2) is 0 Å². The first-order valence-electron chi connectivity index (χ1n) is 6.64. The van der Waals surface area contributed by atoms with E-state index >= 15 is 0 Å². The fraction of sp³-hybridized carbons (Fsp3) is 0.500. The molecule has 0 saturated heterocycles. The van der Waals surface area contributed by atoms with Gasteiger partial charge in [0.05, 0.1) is 16.4 Å². The van der Waals surface area contributed by atoms with E-state index < -0.39 is 12.6 Å². The van der Waals surface area contributed by atoms with Crippen molar-refractivity contribution in [3.63, 3.8) is 0 Å². The summed E-state index contributed by atoms with van der Waals surface area (Å²) in [6.45, 7) is 2.29. The molecule has 2 rings (SSSR count). The van der Waals surface area contributed by atoms with Gasteiger partial charge >= 0.3 is 6.18 Å². The van der Waals surface area contributed by atoms with Gasteiger partial charge in [-0.05, 0) is 38.0 Å². The van der Waals surface area contributed by atoms with Crippen molar-refractivity contribution in [1.82, 2.24) is 9.55 Å². The van der Waals surface area contributed by atoms with Crippen LogP contribution in [0.4, 0.5) is 13.2 Å². The Morgan fingerprint density at radius 2 is 2.05 bits per heavy atom. The van der Waals surface area contributed by atoms with Crippen molar-refractivity contribution in [2.75, 3.05) is 0 Å². The molecular weight excluding hydrogens is 369 g/mol. The third kappa shape index (κ3) is 4.36. The van der Waals surface area contributed by atoms with Gasteiger partial charge in [0.2, 0.25) is 0 Å². The minimum Gasteiger partial charge on any atom is -0.327 e. The first-order chi connectivity index (χ1) is 9.78. The highest BCUT2D eigenvalue weighted by atomic mass is 79.9. The number of halogens is 5. The molecule has 0 aliphatic heterocycles. The Morgan fingerprint density at radius 3 is 2.67 bits per heavy atom. The summed E-state index contributed by atoms with van der Waals surface area (Å²) in [7, 11) is 0. The molecule has 0 radical (unpaired) electrons. The van der Waals surface area contributed by atoms with Gasteiger partial charge in [-0.1, -0.05) is 15.9 Å². The molecule has 0 saturated carbocycles. The van der Waals surface area contributed by atoms with Gasteiger partial charge in [0.25, 0.3) is 0 Å². The average molecular weight is 384 g/mol. The number of aromatic nitrogens is 2. The number of rotatable bonds is 5. The molecule has 0 aliphatic rings. The van der Waals surface area contributed by atoms with Crippen LogP contribution in [0.15, 0.2) is 22.7 Å². The lowest BCUT2D eigenvalue weighted by molar-refractivity contribution is -0.135. The number of unbranched alkanes of at least 4 members (excludes halogenated alkanes) is 1. The topological polar surface area (TPSA) is 17.8 Å². The molecule has 7 heteroatoms. The second-order valence-electron chi connectivity index (χ2n) is 4.94. The van der Waals surface area contributed by atoms with Crippen molar-refractivity contribution in [2.24, 2.45) is 0 Å². The van der Waals surface area contributed by atoms with E-state index in [0.29, 0.717) is 18.8 Å². The van der Waals surface area contributed by atoms with Gasteiger partial charge in [-0.2, -0.15) is 13.2 Å². The predicted molar refractivity (Wildman–Crippen MR) is 81.6 cm³/mol. The number of hydrogen-bond acceptors (Lipinski definition) is 1. The number of imidazole rings is 1. The van der Waals surface area contributed by atoms with Crippen LogP contribution < -0.4 is 0 Å². The largest absolute Gasteiger partial charge is 0.389 e. The summed E-state index contributed by atoms with van der Waals surface area (Å²) in [5, 5.41) is -0.293. The lowest BCUT2D eigenvalue weighted by Crippen LogP contribution is -2.09. The molecule has 1 atom stereocenters. The van der Waals surface area contributed by atoms with Gasteiger partial charge in [0.1, 0.15) is 5.82 Å². The normalized spacial score (nSPS) is 13.8. The number of fused-ring (bicyclic) bond motifs is 1. The maximum atomic E-state index is 12.2. The Hall–Kier alpha value is -0.750. The van der Waals surface area contributed by atoms with Crippen molar-refractivity contribution < 1.29 is 13.2 Å². The number of hydrogen-bond donors (Lipinski definition) is 0. The van der Waals surface area contributed by atoms with Crippen LogP contribution in [0.3, 0.4) is 0 Å². The summed E-state index contributed by atoms with van der Waals surface area (Å²) in [6.07, 6.45) is -4.31. The summed E-state index contributed by atoms with van der Waals surface area (Å²) >= 11 is 9.53. The Kier molecular flexibility index (Phi) is 5.20. The van der Waals surface area contributed by atoms with Gasteiger partial charge in [0, 0.05) is 17.4 Å². The van der Waals surface area contributed by atoms with E-state index in [1.807, 2.05) is 29.7 Å². The van der Waals surface area contributed by atoms with Gasteiger partial charge in [-0.15, -0.1) is 11.6 Å². The van der Waals surface area contributed by atoms with Crippen LogP contribution in [0, 0.1) is 0 Å². The van der Waals surface area contributed by atoms with E-state index in [-0.39, 0.29) is 11.8 Å². The molecule has 116 valence electrons. The molecule has 21 heavy (non-hydrogen) atoms. The third-order valence-electron chi connectivity index (χ3n) is 3.19. The van der Waals surface area contributed by atoms with Crippen molar-refractivity contribution in [3.05, 3.63) is 28.5 Å². The number of benzene rings is 1. The summed E-state index contributed by atoms with van der Waals surface area (Å²) in [5.41, 5.74) is 1.69. The number of nitrogens with zero attached hydrogens (tertiary/aromatic N) is 2. The minimum atomic E-state index is -4.09. The van der Waals surface area contributed by atoms with Crippen LogP contribution in [0.5, 0.6) is 0 Å². The van der Waals surface area contributed by atoms with Crippen LogP contribution in [0.25, 0.3) is 11.0 Å². The van der Waals surface area contributed by atoms with E-state index in [2.05, 4.69) is 20.9 Å². The Bertz CT molecular complexity index is 622. The van der Waals surface area contributed by atoms with E-state index in [4.69, 9.17) is 11.6 Å². The lowest BCUT2D eigenvalue weighted by atomic mass is 10.2. The smallest absolute Gasteiger partial charge is 0.327 e. The molecule has 0 aliphatic carbocycles. The number of aryl methyl sites for hydroxylation is 1. The van der Waals surface area contributed by atoms with E-state index in [0.717, 1.165) is 15.5 Å². The fourth-order valence-electron chi connectivity index (χ4n) is 2.25. The lowest BCUT2D eigenvalue weighted by Gasteiger charge is -2.11. The van der Waals surface area contributed by atoms with E-state index in [1.165, 1.54) is 0 Å². The Morgan fingerprint density at radius 1 is 1.33 bits per heavy atom. The highest BCUT2D eigenvalue weighted by Crippen LogP contribution is 2.28. The highest BCUT2D eigenvalue weighted by molar-refractivity contribution is 9.10. The molecule has 1 aromatic heterocycles. The first kappa shape index (κ1) is 16.6. The summed E-state index contributed by atoms with van der Waals surface area (Å²) in [5.74, 6) is 0.691. The molecule has 0 amide bonds. The molecule has 1 aromatic carbocycles. The van der Waals surface area contributed by atoms with Gasteiger partial charge < -0.3 is 4.57 Å². The zero-order valence-corrected chi connectivity index (χ0v) is 13.8. The van der Waals surface area contributed by atoms with Gasteiger partial charge in [-0.3, -0.25) is 0 Å². The van der Waals surface area contributed by atoms with Crippen molar-refractivity contribution in [1.29, 1.82) is 0 Å². The number of alkyl halides is 4. The molecule has 0 spiro atoms. The fourth-order valence-corrected chi connectivity index (χ4v) is 2.76. The van der Waals surface area contributed by atoms with Gasteiger partial charge in [-0.25, -0.2) is 4.98 Å². The minimum absolute atomic E-state index is 0.104. The van der Waals surface area contributed by atoms with Crippen molar-refractivity contribution in [2.45, 2.75) is 44.3 Å². The van der Waals surface area contributed by atoms with Crippen LogP contribution in [-0.4, -0.2) is 15.7 Å². The van der Waals surface area contributed by atoms with Crippen LogP contribution in [-0.2, 0) is 6.54 Å². The maximum Gasteiger partial charge on any atom is 0.389 e. The molecule has 0 bridgehead atoms. The highest BCUT2D eigenvalue weighted by Gasteiger charge is 2.26. The quantitative estimate of drug-likeness (QED) is 0.469. The second-order valence-corrected chi connectivity index (χ2v) is 6.51. The average Bonchev–Trinajstić information content (AvgIpc) is 2.72. The Labute approximate surface area is 134 Å². The molecular formula is C14H15BrClF3N2. The van der Waals surface area contributed by atoms with E-state index in [9.17, 15) is 13.2 Å². The summed E-state index contributed by atoms with van der Waals surface area (Å²) in [4.78, 5) is 4.47. The second kappa shape index (κ2) is 6.57. The predicted octanol–water partition coefficient (Wildman–Crippen LogP) is 5.83. The first-order valence-corrected chi connectivity index (χ1v) is 7.87. The summed E-state index contributed by atoms with van der Waals surface area (Å²) in [6, 6.07) is 5.66. The van der Waals surface area contributed by atoms with Crippen LogP contribution >= 0.6 is 27.5 Å². The zero-order chi connectivity index (χ0) is 15.6. The molecule has 2 aromatic rings. The van der Waals surface area contributed by atoms with Crippen LogP contribution in [0.2, 0.25) is 0 Å². The van der Waals surface area contributed by atoms with Crippen molar-refractivity contribution >= 4 is 38.6 Å². The SMILES string of the molecule is CC(Cl)c1nc2ccc(Br)cc2n1CCCCC(F)(F)F. The summed E-state index contributed by atoms with van der Waals surface area (Å²) < 4.78 is 39.4. The van der Waals surface area contributed by atoms with Crippen LogP contribution in [0.1, 0.15) is 37.4 Å². The third-order valence-corrected chi connectivity index (χ3v) is 3.88. The monoisotopic (exact) mass is 382 g/mol. The maximum absolute atomic E-state index is 12.2. The molecule has 2 nitrogen and oxygen atoms in total. The zero-order valence-electron chi connectivity index (χ0n) is 11.4. The van der Waals surface area contributed by atoms with E-state index in [1.54, 1.807) is 0 Å². The van der Waals surface area contributed by atoms with Crippen molar-refractivity contribution in [3.8, 4) is 0 Å². The molecule has 0 N–H and O–H groups in total. The Balaban J connectivity index is 2.20. The molecule has 1 heterocycles. The molecule has 0 fully saturated rings. The molecule has 1 unspecified atom stereocenters. The standard InChI is InChI=1S/C14H15BrClF3N2/c1-9(16)13-20-11-5-4-10(15)8-12(11)21(13)7-3-2-6-14(17,18)19/h4-5,8-9H,2-3,6-7H2,1H3.